The van der Waals surface area contributed by atoms with Gasteiger partial charge in [0.1, 0.15) is 0 Å². The first-order valence-electron chi connectivity index (χ1n) is 9.55. The lowest BCUT2D eigenvalue weighted by atomic mass is 9.66. The topological polar surface area (TPSA) is 77.5 Å². The Morgan fingerprint density at radius 3 is 2.37 bits per heavy atom. The number of hydrogen-bond donors (Lipinski definition) is 0. The van der Waals surface area contributed by atoms with Crippen LogP contribution in [-0.2, 0) is 24.2 Å². The van der Waals surface area contributed by atoms with Crippen molar-refractivity contribution in [3.05, 3.63) is 34.1 Å². The van der Waals surface area contributed by atoms with Gasteiger partial charge in [-0.3, -0.25) is 9.59 Å². The zero-order valence-corrected chi connectivity index (χ0v) is 17.5. The van der Waals surface area contributed by atoms with E-state index in [1.165, 1.54) is 7.11 Å². The van der Waals surface area contributed by atoms with Crippen LogP contribution in [-0.4, -0.2) is 38.1 Å². The number of carbonyl (C=O) groups is 2. The predicted octanol–water partition coefficient (Wildman–Crippen LogP) is 3.17. The normalized spacial score (nSPS) is 31.7. The Bertz CT molecular complexity index is 888. The van der Waals surface area contributed by atoms with Crippen molar-refractivity contribution in [1.82, 2.24) is 0 Å². The van der Waals surface area contributed by atoms with Crippen LogP contribution in [0.15, 0.2) is 34.1 Å². The highest BCUT2D eigenvalue weighted by Crippen LogP contribution is 2.45. The Balaban J connectivity index is 1.95. The number of hydrogen-bond acceptors (Lipinski definition) is 5. The Labute approximate surface area is 161 Å². The van der Waals surface area contributed by atoms with Crippen LogP contribution in [0, 0.1) is 17.8 Å². The first kappa shape index (κ1) is 20.1. The van der Waals surface area contributed by atoms with Crippen LogP contribution in [0.2, 0.25) is 0 Å². The van der Waals surface area contributed by atoms with Crippen LogP contribution in [0.4, 0.5) is 0 Å². The molecule has 3 aliphatic rings. The van der Waals surface area contributed by atoms with Crippen molar-refractivity contribution in [3.63, 3.8) is 0 Å². The molecule has 0 fully saturated rings. The minimum Gasteiger partial charge on any atom is -0.492 e. The fourth-order valence-electron chi connectivity index (χ4n) is 4.87. The lowest BCUT2D eigenvalue weighted by Crippen LogP contribution is -2.36. The number of Topliss-reactive ketones (excluding diaryl/α,β-unsaturated/α-hetero) is 2. The molecule has 4 atom stereocenters. The van der Waals surface area contributed by atoms with Crippen molar-refractivity contribution in [2.45, 2.75) is 52.2 Å². The molecule has 148 valence electrons. The SMILES string of the molecule is COC1=C(C)C(=O)C2=C(C1=O)[C@@H](C)CC[C@H]2[C@@H](C)CC1C=C(C)CS1(=O)=O. The van der Waals surface area contributed by atoms with Gasteiger partial charge in [-0.25, -0.2) is 8.42 Å². The molecule has 3 rings (SSSR count). The lowest BCUT2D eigenvalue weighted by Gasteiger charge is -2.37. The third-order valence-corrected chi connectivity index (χ3v) is 8.41. The molecule has 0 amide bonds. The van der Waals surface area contributed by atoms with Crippen molar-refractivity contribution in [3.8, 4) is 0 Å². The first-order valence-corrected chi connectivity index (χ1v) is 11.3. The fourth-order valence-corrected chi connectivity index (χ4v) is 6.85. The highest BCUT2D eigenvalue weighted by Gasteiger charge is 2.44. The quantitative estimate of drug-likeness (QED) is 0.542. The lowest BCUT2D eigenvalue weighted by molar-refractivity contribution is -0.120. The van der Waals surface area contributed by atoms with E-state index < -0.39 is 15.1 Å². The van der Waals surface area contributed by atoms with E-state index in [1.54, 1.807) is 6.92 Å². The predicted molar refractivity (Wildman–Crippen MR) is 104 cm³/mol. The van der Waals surface area contributed by atoms with Crippen molar-refractivity contribution in [2.75, 3.05) is 12.9 Å². The summed E-state index contributed by atoms with van der Waals surface area (Å²) in [5, 5.41) is -0.489. The first-order chi connectivity index (χ1) is 12.6. The Kier molecular flexibility index (Phi) is 5.23. The van der Waals surface area contributed by atoms with E-state index in [1.807, 2.05) is 26.8 Å². The summed E-state index contributed by atoms with van der Waals surface area (Å²) in [7, 11) is -1.73. The molecule has 0 aromatic heterocycles. The largest absolute Gasteiger partial charge is 0.492 e. The van der Waals surface area contributed by atoms with Gasteiger partial charge in [-0.2, -0.15) is 0 Å². The molecular formula is C21H28O5S. The third kappa shape index (κ3) is 3.33. The van der Waals surface area contributed by atoms with E-state index in [0.29, 0.717) is 23.1 Å². The summed E-state index contributed by atoms with van der Waals surface area (Å²) < 4.78 is 29.9. The second kappa shape index (κ2) is 7.04. The van der Waals surface area contributed by atoms with Crippen molar-refractivity contribution >= 4 is 21.4 Å². The molecule has 0 bridgehead atoms. The van der Waals surface area contributed by atoms with Crippen LogP contribution < -0.4 is 0 Å². The fraction of sp³-hybridized carbons (Fsp3) is 0.619. The summed E-state index contributed by atoms with van der Waals surface area (Å²) in [5.41, 5.74) is 2.42. The van der Waals surface area contributed by atoms with Gasteiger partial charge in [0.2, 0.25) is 5.78 Å². The number of methoxy groups -OCH3 is 1. The van der Waals surface area contributed by atoms with Crippen LogP contribution in [0.3, 0.4) is 0 Å². The number of rotatable bonds is 4. The molecule has 0 aromatic rings. The van der Waals surface area contributed by atoms with Gasteiger partial charge < -0.3 is 4.74 Å². The zero-order chi connectivity index (χ0) is 20.1. The smallest absolute Gasteiger partial charge is 0.224 e. The zero-order valence-electron chi connectivity index (χ0n) is 16.7. The summed E-state index contributed by atoms with van der Waals surface area (Å²) >= 11 is 0. The number of sulfone groups is 1. The summed E-state index contributed by atoms with van der Waals surface area (Å²) in [4.78, 5) is 26.0. The van der Waals surface area contributed by atoms with Crippen LogP contribution in [0.1, 0.15) is 47.0 Å². The number of allylic oxidation sites excluding steroid dienone is 3. The monoisotopic (exact) mass is 392 g/mol. The summed E-state index contributed by atoms with van der Waals surface area (Å²) in [6.07, 6.45) is 3.94. The van der Waals surface area contributed by atoms with E-state index in [0.717, 1.165) is 18.4 Å². The van der Waals surface area contributed by atoms with Gasteiger partial charge in [-0.15, -0.1) is 0 Å². The van der Waals surface area contributed by atoms with Gasteiger partial charge in [0, 0.05) is 16.7 Å². The molecule has 5 nitrogen and oxygen atoms in total. The molecule has 2 aliphatic carbocycles. The average molecular weight is 393 g/mol. The minimum atomic E-state index is -3.15. The molecule has 0 radical (unpaired) electrons. The molecule has 0 saturated carbocycles. The van der Waals surface area contributed by atoms with E-state index in [2.05, 4.69) is 0 Å². The van der Waals surface area contributed by atoms with Crippen LogP contribution >= 0.6 is 0 Å². The van der Waals surface area contributed by atoms with E-state index >= 15 is 0 Å². The molecule has 1 aliphatic heterocycles. The third-order valence-electron chi connectivity index (χ3n) is 6.30. The summed E-state index contributed by atoms with van der Waals surface area (Å²) in [6, 6.07) is 0. The average Bonchev–Trinajstić information content (AvgIpc) is 2.84. The summed E-state index contributed by atoms with van der Waals surface area (Å²) in [6.45, 7) is 7.46. The van der Waals surface area contributed by atoms with Gasteiger partial charge >= 0.3 is 0 Å². The van der Waals surface area contributed by atoms with Crippen LogP contribution in [0.5, 0.6) is 0 Å². The highest BCUT2D eigenvalue weighted by atomic mass is 32.2. The van der Waals surface area contributed by atoms with Crippen molar-refractivity contribution in [1.29, 1.82) is 0 Å². The number of carbonyl (C=O) groups excluding carboxylic acids is 2. The molecular weight excluding hydrogens is 364 g/mol. The molecule has 27 heavy (non-hydrogen) atoms. The van der Waals surface area contributed by atoms with Crippen molar-refractivity contribution < 1.29 is 22.7 Å². The molecule has 1 unspecified atom stereocenters. The molecule has 0 aromatic carbocycles. The minimum absolute atomic E-state index is 0.00179. The molecule has 0 N–H and O–H groups in total. The van der Waals surface area contributed by atoms with Gasteiger partial charge in [0.25, 0.3) is 0 Å². The van der Waals surface area contributed by atoms with Gasteiger partial charge in [0.05, 0.1) is 18.1 Å². The standard InChI is InChI=1S/C21H28O5S/c1-11-8-15(27(24,25)10-11)9-13(3)16-7-6-12(2)17-18(16)19(22)14(4)21(26-5)20(17)23/h8,12-13,15-16H,6-7,9-10H2,1-5H3/t12-,13-,15?,16-/m0/s1. The number of ketones is 2. The van der Waals surface area contributed by atoms with E-state index in [-0.39, 0.29) is 40.8 Å². The van der Waals surface area contributed by atoms with Gasteiger partial charge in [-0.05, 0) is 50.9 Å². The maximum atomic E-state index is 13.1. The maximum absolute atomic E-state index is 13.1. The molecule has 1 heterocycles. The second-order valence-electron chi connectivity index (χ2n) is 8.30. The highest BCUT2D eigenvalue weighted by molar-refractivity contribution is 7.92. The van der Waals surface area contributed by atoms with Gasteiger partial charge in [0.15, 0.2) is 21.4 Å². The van der Waals surface area contributed by atoms with Crippen LogP contribution in [0.25, 0.3) is 0 Å². The summed E-state index contributed by atoms with van der Waals surface area (Å²) in [5.74, 6) is -0.116. The molecule has 6 heteroatoms. The number of ether oxygens (including phenoxy) is 1. The van der Waals surface area contributed by atoms with Crippen molar-refractivity contribution in [2.24, 2.45) is 17.8 Å². The van der Waals surface area contributed by atoms with E-state index in [4.69, 9.17) is 4.74 Å². The second-order valence-corrected chi connectivity index (χ2v) is 10.5. The Hall–Kier alpha value is -1.69. The van der Waals surface area contributed by atoms with Gasteiger partial charge in [-0.1, -0.05) is 25.5 Å². The Morgan fingerprint density at radius 2 is 1.81 bits per heavy atom. The molecule has 0 saturated heterocycles. The molecule has 0 spiro atoms. The van der Waals surface area contributed by atoms with E-state index in [9.17, 15) is 18.0 Å². The maximum Gasteiger partial charge on any atom is 0.224 e. The Morgan fingerprint density at radius 1 is 1.15 bits per heavy atom.